The number of rotatable bonds is 6. The van der Waals surface area contributed by atoms with E-state index in [1.807, 2.05) is 19.2 Å². The van der Waals surface area contributed by atoms with Gasteiger partial charge in [0.25, 0.3) is 5.91 Å². The topological polar surface area (TPSA) is 45.2 Å². The molecule has 122 valence electrons. The van der Waals surface area contributed by atoms with E-state index in [0.29, 0.717) is 5.69 Å². The SMILES string of the molecule is CCCCN(C)C(=O)c1ccc(Nc2ccc(C)c(C)c2)cn1. The van der Waals surface area contributed by atoms with Crippen LogP contribution in [-0.4, -0.2) is 29.4 Å². The van der Waals surface area contributed by atoms with Crippen LogP contribution < -0.4 is 5.32 Å². The number of pyridine rings is 1. The number of hydrogen-bond acceptors (Lipinski definition) is 3. The van der Waals surface area contributed by atoms with Crippen molar-refractivity contribution in [2.45, 2.75) is 33.6 Å². The molecule has 2 aromatic rings. The molecule has 0 atom stereocenters. The quantitative estimate of drug-likeness (QED) is 0.864. The van der Waals surface area contributed by atoms with Crippen LogP contribution in [0.5, 0.6) is 0 Å². The smallest absolute Gasteiger partial charge is 0.272 e. The van der Waals surface area contributed by atoms with Crippen LogP contribution in [-0.2, 0) is 0 Å². The zero-order valence-electron chi connectivity index (χ0n) is 14.4. The summed E-state index contributed by atoms with van der Waals surface area (Å²) in [5.41, 5.74) is 4.89. The molecule has 2 rings (SSSR count). The standard InChI is InChI=1S/C19H25N3O/c1-5-6-11-22(4)19(23)18-10-9-17(13-20-18)21-16-8-7-14(2)15(3)12-16/h7-10,12-13,21H,5-6,11H2,1-4H3. The van der Waals surface area contributed by atoms with Crippen molar-refractivity contribution in [1.29, 1.82) is 0 Å². The lowest BCUT2D eigenvalue weighted by Gasteiger charge is -2.16. The molecule has 0 saturated carbocycles. The van der Waals surface area contributed by atoms with Gasteiger partial charge in [-0.25, -0.2) is 4.98 Å². The predicted octanol–water partition coefficient (Wildman–Crippen LogP) is 4.31. The van der Waals surface area contributed by atoms with E-state index in [1.165, 1.54) is 11.1 Å². The molecule has 0 bridgehead atoms. The Morgan fingerprint density at radius 2 is 1.87 bits per heavy atom. The lowest BCUT2D eigenvalue weighted by Crippen LogP contribution is -2.28. The maximum Gasteiger partial charge on any atom is 0.272 e. The highest BCUT2D eigenvalue weighted by Gasteiger charge is 2.12. The van der Waals surface area contributed by atoms with Gasteiger partial charge >= 0.3 is 0 Å². The summed E-state index contributed by atoms with van der Waals surface area (Å²) in [5, 5.41) is 3.31. The Morgan fingerprint density at radius 3 is 2.48 bits per heavy atom. The number of anilines is 2. The van der Waals surface area contributed by atoms with E-state index in [0.717, 1.165) is 30.8 Å². The van der Waals surface area contributed by atoms with Crippen molar-refractivity contribution in [3.63, 3.8) is 0 Å². The Bertz CT molecular complexity index is 665. The molecule has 0 saturated heterocycles. The Kier molecular flexibility index (Phi) is 5.74. The molecule has 0 spiro atoms. The van der Waals surface area contributed by atoms with Crippen LogP contribution in [0.25, 0.3) is 0 Å². The maximum atomic E-state index is 12.2. The number of hydrogen-bond donors (Lipinski definition) is 1. The zero-order valence-corrected chi connectivity index (χ0v) is 14.4. The average Bonchev–Trinajstić information content (AvgIpc) is 2.56. The first-order valence-corrected chi connectivity index (χ1v) is 8.07. The van der Waals surface area contributed by atoms with Crippen LogP contribution >= 0.6 is 0 Å². The van der Waals surface area contributed by atoms with Crippen LogP contribution in [0.3, 0.4) is 0 Å². The maximum absolute atomic E-state index is 12.2. The predicted molar refractivity (Wildman–Crippen MR) is 95.3 cm³/mol. The minimum Gasteiger partial charge on any atom is -0.354 e. The largest absolute Gasteiger partial charge is 0.354 e. The van der Waals surface area contributed by atoms with Crippen molar-refractivity contribution >= 4 is 17.3 Å². The van der Waals surface area contributed by atoms with Crippen molar-refractivity contribution in [3.05, 3.63) is 53.3 Å². The van der Waals surface area contributed by atoms with Gasteiger partial charge < -0.3 is 10.2 Å². The van der Waals surface area contributed by atoms with Gasteiger partial charge in [0.1, 0.15) is 5.69 Å². The normalized spacial score (nSPS) is 10.4. The molecule has 1 aromatic heterocycles. The number of carbonyl (C=O) groups is 1. The summed E-state index contributed by atoms with van der Waals surface area (Å²) in [6.07, 6.45) is 3.79. The van der Waals surface area contributed by atoms with Gasteiger partial charge in [-0.1, -0.05) is 19.4 Å². The fourth-order valence-corrected chi connectivity index (χ4v) is 2.27. The molecule has 0 radical (unpaired) electrons. The summed E-state index contributed by atoms with van der Waals surface area (Å²) >= 11 is 0. The third-order valence-corrected chi connectivity index (χ3v) is 3.97. The lowest BCUT2D eigenvalue weighted by atomic mass is 10.1. The Labute approximate surface area is 138 Å². The second-order valence-corrected chi connectivity index (χ2v) is 5.94. The molecule has 23 heavy (non-hydrogen) atoms. The van der Waals surface area contributed by atoms with Gasteiger partial charge in [0.2, 0.25) is 0 Å². The van der Waals surface area contributed by atoms with Crippen molar-refractivity contribution in [1.82, 2.24) is 9.88 Å². The van der Waals surface area contributed by atoms with Crippen LogP contribution in [0.1, 0.15) is 41.4 Å². The van der Waals surface area contributed by atoms with Crippen molar-refractivity contribution in [3.8, 4) is 0 Å². The number of nitrogens with zero attached hydrogens (tertiary/aromatic N) is 2. The van der Waals surface area contributed by atoms with E-state index in [1.54, 1.807) is 17.2 Å². The molecule has 0 unspecified atom stereocenters. The first kappa shape index (κ1) is 17.0. The number of carbonyl (C=O) groups excluding carboxylic acids is 1. The summed E-state index contributed by atoms with van der Waals surface area (Å²) in [5.74, 6) is -0.0313. The summed E-state index contributed by atoms with van der Waals surface area (Å²) < 4.78 is 0. The van der Waals surface area contributed by atoms with Crippen LogP contribution in [0.15, 0.2) is 36.5 Å². The molecule has 1 amide bonds. The first-order valence-electron chi connectivity index (χ1n) is 8.07. The van der Waals surface area contributed by atoms with E-state index >= 15 is 0 Å². The van der Waals surface area contributed by atoms with E-state index in [2.05, 4.69) is 43.2 Å². The van der Waals surface area contributed by atoms with E-state index < -0.39 is 0 Å². The second kappa shape index (κ2) is 7.77. The Balaban J connectivity index is 2.04. The van der Waals surface area contributed by atoms with Crippen LogP contribution in [0, 0.1) is 13.8 Å². The molecule has 4 nitrogen and oxygen atoms in total. The molecule has 1 N–H and O–H groups in total. The highest BCUT2D eigenvalue weighted by Crippen LogP contribution is 2.19. The average molecular weight is 311 g/mol. The summed E-state index contributed by atoms with van der Waals surface area (Å²) in [6, 6.07) is 9.90. The highest BCUT2D eigenvalue weighted by atomic mass is 16.2. The van der Waals surface area contributed by atoms with Crippen LogP contribution in [0.2, 0.25) is 0 Å². The molecule has 0 aliphatic rings. The molecule has 1 aromatic carbocycles. The van der Waals surface area contributed by atoms with Gasteiger partial charge in [-0.15, -0.1) is 0 Å². The zero-order chi connectivity index (χ0) is 16.8. The molecular formula is C19H25N3O. The van der Waals surface area contributed by atoms with E-state index in [9.17, 15) is 4.79 Å². The molecule has 4 heteroatoms. The van der Waals surface area contributed by atoms with Gasteiger partial charge in [-0.3, -0.25) is 4.79 Å². The number of benzene rings is 1. The fraction of sp³-hybridized carbons (Fsp3) is 0.368. The molecule has 0 fully saturated rings. The monoisotopic (exact) mass is 311 g/mol. The Morgan fingerprint density at radius 1 is 1.13 bits per heavy atom. The third kappa shape index (κ3) is 4.55. The van der Waals surface area contributed by atoms with Crippen molar-refractivity contribution in [2.24, 2.45) is 0 Å². The first-order chi connectivity index (χ1) is 11.0. The minimum atomic E-state index is -0.0313. The summed E-state index contributed by atoms with van der Waals surface area (Å²) in [7, 11) is 1.82. The molecule has 0 aliphatic carbocycles. The minimum absolute atomic E-state index is 0.0313. The lowest BCUT2D eigenvalue weighted by molar-refractivity contribution is 0.0787. The highest BCUT2D eigenvalue weighted by molar-refractivity contribution is 5.92. The Hall–Kier alpha value is -2.36. The van der Waals surface area contributed by atoms with E-state index in [4.69, 9.17) is 0 Å². The summed E-state index contributed by atoms with van der Waals surface area (Å²) in [4.78, 5) is 18.3. The van der Waals surface area contributed by atoms with Gasteiger partial charge in [-0.2, -0.15) is 0 Å². The number of unbranched alkanes of at least 4 members (excludes halogenated alkanes) is 1. The van der Waals surface area contributed by atoms with E-state index in [-0.39, 0.29) is 5.91 Å². The fourth-order valence-electron chi connectivity index (χ4n) is 2.27. The van der Waals surface area contributed by atoms with Gasteiger partial charge in [0, 0.05) is 19.3 Å². The number of aromatic nitrogens is 1. The second-order valence-electron chi connectivity index (χ2n) is 5.94. The number of nitrogens with one attached hydrogen (secondary N) is 1. The third-order valence-electron chi connectivity index (χ3n) is 3.97. The number of amides is 1. The van der Waals surface area contributed by atoms with Gasteiger partial charge in [0.15, 0.2) is 0 Å². The van der Waals surface area contributed by atoms with Gasteiger partial charge in [-0.05, 0) is 55.7 Å². The van der Waals surface area contributed by atoms with Crippen molar-refractivity contribution in [2.75, 3.05) is 18.9 Å². The molecule has 1 heterocycles. The molecular weight excluding hydrogens is 286 g/mol. The number of aryl methyl sites for hydroxylation is 2. The van der Waals surface area contributed by atoms with Gasteiger partial charge in [0.05, 0.1) is 11.9 Å². The van der Waals surface area contributed by atoms with Crippen LogP contribution in [0.4, 0.5) is 11.4 Å². The molecule has 0 aliphatic heterocycles. The summed E-state index contributed by atoms with van der Waals surface area (Å²) in [6.45, 7) is 7.06. The van der Waals surface area contributed by atoms with Crippen molar-refractivity contribution < 1.29 is 4.79 Å².